The fraction of sp³-hybridized carbons (Fsp3) is 0.524. The summed E-state index contributed by atoms with van der Waals surface area (Å²) in [6.07, 6.45) is 4.14. The number of pyridine rings is 1. The Morgan fingerprint density at radius 2 is 1.93 bits per heavy atom. The van der Waals surface area contributed by atoms with E-state index in [1.807, 2.05) is 20.8 Å². The highest BCUT2D eigenvalue weighted by Gasteiger charge is 2.32. The summed E-state index contributed by atoms with van der Waals surface area (Å²) in [7, 11) is -3.71. The number of nitrogens with zero attached hydrogens (tertiary/aromatic N) is 1. The number of amides is 1. The van der Waals surface area contributed by atoms with Gasteiger partial charge >= 0.3 is 0 Å². The smallest absolute Gasteiger partial charge is 0.256 e. The van der Waals surface area contributed by atoms with Crippen molar-refractivity contribution in [2.45, 2.75) is 44.9 Å². The van der Waals surface area contributed by atoms with Crippen LogP contribution in [-0.4, -0.2) is 43.2 Å². The number of hydrogen-bond donors (Lipinski definition) is 2. The molecular weight excluding hydrogens is 390 g/mol. The molecule has 2 N–H and O–H groups in total. The third-order valence-corrected chi connectivity index (χ3v) is 7.21. The van der Waals surface area contributed by atoms with E-state index in [4.69, 9.17) is 0 Å². The molecule has 1 aliphatic rings. The zero-order chi connectivity index (χ0) is 21.2. The van der Waals surface area contributed by atoms with Gasteiger partial charge in [0.1, 0.15) is 5.56 Å². The van der Waals surface area contributed by atoms with Crippen molar-refractivity contribution in [2.24, 2.45) is 11.8 Å². The third kappa shape index (κ3) is 4.53. The van der Waals surface area contributed by atoms with Crippen molar-refractivity contribution in [3.05, 3.63) is 40.2 Å². The van der Waals surface area contributed by atoms with Gasteiger partial charge in [0.2, 0.25) is 15.5 Å². The van der Waals surface area contributed by atoms with Gasteiger partial charge in [-0.1, -0.05) is 27.2 Å². The molecule has 1 aromatic heterocycles. The fourth-order valence-electron chi connectivity index (χ4n) is 3.95. The topological polar surface area (TPSA) is 99.3 Å². The molecule has 1 saturated heterocycles. The number of fused-ring (bicyclic) bond motifs is 1. The maximum atomic E-state index is 13.2. The average Bonchev–Trinajstić information content (AvgIpc) is 2.67. The summed E-state index contributed by atoms with van der Waals surface area (Å²) in [6.45, 7) is 7.55. The van der Waals surface area contributed by atoms with Crippen LogP contribution in [0.25, 0.3) is 10.9 Å². The van der Waals surface area contributed by atoms with Crippen molar-refractivity contribution in [2.75, 3.05) is 19.6 Å². The molecule has 1 aromatic carbocycles. The lowest BCUT2D eigenvalue weighted by Gasteiger charge is -2.34. The Morgan fingerprint density at radius 3 is 2.59 bits per heavy atom. The van der Waals surface area contributed by atoms with E-state index in [1.165, 1.54) is 22.6 Å². The van der Waals surface area contributed by atoms with Crippen LogP contribution in [0.3, 0.4) is 0 Å². The van der Waals surface area contributed by atoms with Gasteiger partial charge in [-0.15, -0.1) is 0 Å². The first-order valence-corrected chi connectivity index (χ1v) is 11.6. The van der Waals surface area contributed by atoms with Crippen LogP contribution < -0.4 is 10.7 Å². The van der Waals surface area contributed by atoms with Crippen molar-refractivity contribution < 1.29 is 13.2 Å². The Balaban J connectivity index is 1.97. The number of sulfonamides is 1. The summed E-state index contributed by atoms with van der Waals surface area (Å²) in [6, 6.07) is 4.48. The monoisotopic (exact) mass is 419 g/mol. The molecule has 0 radical (unpaired) electrons. The molecule has 1 amide bonds. The molecule has 8 heteroatoms. The number of nitrogens with one attached hydrogen (secondary N) is 2. The van der Waals surface area contributed by atoms with Crippen LogP contribution in [0.15, 0.2) is 34.1 Å². The van der Waals surface area contributed by atoms with Crippen LogP contribution in [0.1, 0.15) is 50.4 Å². The molecule has 0 bridgehead atoms. The Morgan fingerprint density at radius 1 is 1.24 bits per heavy atom. The molecule has 2 aromatic rings. The number of hydrogen-bond acceptors (Lipinski definition) is 4. The summed E-state index contributed by atoms with van der Waals surface area (Å²) in [4.78, 5) is 28.2. The number of aromatic amines is 1. The van der Waals surface area contributed by atoms with E-state index >= 15 is 0 Å². The number of carbonyl (C=O) groups is 1. The van der Waals surface area contributed by atoms with Crippen LogP contribution in [0.2, 0.25) is 0 Å². The molecule has 0 spiro atoms. The number of unbranched alkanes of at least 4 members (excludes halogenated alkanes) is 1. The first kappa shape index (κ1) is 21.5. The van der Waals surface area contributed by atoms with Gasteiger partial charge in [-0.05, 0) is 42.9 Å². The minimum atomic E-state index is -3.71. The average molecular weight is 420 g/mol. The molecule has 1 aliphatic heterocycles. The highest BCUT2D eigenvalue weighted by Crippen LogP contribution is 2.27. The lowest BCUT2D eigenvalue weighted by atomic mass is 9.94. The third-order valence-electron chi connectivity index (χ3n) is 5.39. The maximum Gasteiger partial charge on any atom is 0.256 e. The SMILES string of the molecule is CCCCNC(=O)c1c[nH]c2ccc(S(=O)(=O)N3C[C@H](C)C[C@H](C)C3)cc2c1=O. The molecule has 0 saturated carbocycles. The molecule has 0 aliphatic carbocycles. The van der Waals surface area contributed by atoms with E-state index in [0.29, 0.717) is 25.2 Å². The van der Waals surface area contributed by atoms with Gasteiger partial charge in [0, 0.05) is 36.7 Å². The standard InChI is InChI=1S/C21H29N3O4S/c1-4-5-8-22-21(26)18-11-23-19-7-6-16(10-17(19)20(18)25)29(27,28)24-12-14(2)9-15(3)13-24/h6-7,10-11,14-15H,4-5,8-9,12-13H2,1-3H3,(H,22,26)(H,23,25)/t14-,15+. The van der Waals surface area contributed by atoms with Crippen molar-refractivity contribution in [1.29, 1.82) is 0 Å². The highest BCUT2D eigenvalue weighted by atomic mass is 32.2. The van der Waals surface area contributed by atoms with Crippen LogP contribution >= 0.6 is 0 Å². The summed E-state index contributed by atoms with van der Waals surface area (Å²) in [5.41, 5.74) is 0.0213. The zero-order valence-corrected chi connectivity index (χ0v) is 18.0. The Kier molecular flexibility index (Phi) is 6.43. The first-order valence-electron chi connectivity index (χ1n) is 10.2. The van der Waals surface area contributed by atoms with E-state index in [2.05, 4.69) is 10.3 Å². The second-order valence-electron chi connectivity index (χ2n) is 8.12. The van der Waals surface area contributed by atoms with Gasteiger partial charge in [-0.2, -0.15) is 4.31 Å². The predicted molar refractivity (Wildman–Crippen MR) is 114 cm³/mol. The molecule has 2 heterocycles. The second kappa shape index (κ2) is 8.67. The molecule has 3 rings (SSSR count). The van der Waals surface area contributed by atoms with Gasteiger partial charge in [0.15, 0.2) is 0 Å². The van der Waals surface area contributed by atoms with E-state index in [0.717, 1.165) is 19.3 Å². The lowest BCUT2D eigenvalue weighted by Crippen LogP contribution is -2.42. The number of piperidine rings is 1. The second-order valence-corrected chi connectivity index (χ2v) is 10.1. The number of aromatic nitrogens is 1. The summed E-state index contributed by atoms with van der Waals surface area (Å²) in [5, 5.41) is 2.93. The van der Waals surface area contributed by atoms with E-state index in [1.54, 1.807) is 6.07 Å². The van der Waals surface area contributed by atoms with Crippen molar-refractivity contribution in [3.8, 4) is 0 Å². The molecular formula is C21H29N3O4S. The highest BCUT2D eigenvalue weighted by molar-refractivity contribution is 7.89. The molecule has 29 heavy (non-hydrogen) atoms. The number of rotatable bonds is 6. The summed E-state index contributed by atoms with van der Waals surface area (Å²) < 4.78 is 27.8. The van der Waals surface area contributed by atoms with Crippen molar-refractivity contribution in [1.82, 2.24) is 14.6 Å². The largest absolute Gasteiger partial charge is 0.360 e. The number of benzene rings is 1. The summed E-state index contributed by atoms with van der Waals surface area (Å²) >= 11 is 0. The lowest BCUT2D eigenvalue weighted by molar-refractivity contribution is 0.0952. The normalized spacial score (nSPS) is 20.7. The van der Waals surface area contributed by atoms with Crippen LogP contribution in [0.4, 0.5) is 0 Å². The Labute approximate surface area is 171 Å². The van der Waals surface area contributed by atoms with Crippen molar-refractivity contribution >= 4 is 26.8 Å². The Hall–Kier alpha value is -2.19. The molecule has 1 fully saturated rings. The Bertz CT molecular complexity index is 1050. The molecule has 158 valence electrons. The maximum absolute atomic E-state index is 13.2. The first-order chi connectivity index (χ1) is 13.7. The molecule has 7 nitrogen and oxygen atoms in total. The van der Waals surface area contributed by atoms with E-state index in [-0.39, 0.29) is 27.7 Å². The van der Waals surface area contributed by atoms with Gasteiger partial charge in [0.05, 0.1) is 4.90 Å². The molecule has 2 atom stereocenters. The van der Waals surface area contributed by atoms with E-state index in [9.17, 15) is 18.0 Å². The predicted octanol–water partition coefficient (Wildman–Crippen LogP) is 2.72. The molecule has 0 unspecified atom stereocenters. The van der Waals surface area contributed by atoms with Gasteiger partial charge in [-0.25, -0.2) is 8.42 Å². The summed E-state index contributed by atoms with van der Waals surface area (Å²) in [5.74, 6) is 0.125. The number of carbonyl (C=O) groups excluding carboxylic acids is 1. The van der Waals surface area contributed by atoms with Crippen LogP contribution in [-0.2, 0) is 10.0 Å². The van der Waals surface area contributed by atoms with Crippen molar-refractivity contribution in [3.63, 3.8) is 0 Å². The minimum absolute atomic E-state index is 0.0108. The zero-order valence-electron chi connectivity index (χ0n) is 17.2. The minimum Gasteiger partial charge on any atom is -0.360 e. The number of H-pyrrole nitrogens is 1. The van der Waals surface area contributed by atoms with Gasteiger partial charge in [-0.3, -0.25) is 9.59 Å². The van der Waals surface area contributed by atoms with Gasteiger partial charge in [0.25, 0.3) is 5.91 Å². The van der Waals surface area contributed by atoms with Crippen LogP contribution in [0, 0.1) is 11.8 Å². The van der Waals surface area contributed by atoms with Gasteiger partial charge < -0.3 is 10.3 Å². The van der Waals surface area contributed by atoms with Crippen LogP contribution in [0.5, 0.6) is 0 Å². The quantitative estimate of drug-likeness (QED) is 0.703. The van der Waals surface area contributed by atoms with E-state index < -0.39 is 21.4 Å². The fourth-order valence-corrected chi connectivity index (χ4v) is 5.66.